The molecular weight excluding hydrogens is 336 g/mol. The first-order valence-corrected chi connectivity index (χ1v) is 7.54. The lowest BCUT2D eigenvalue weighted by Gasteiger charge is -2.07. The molecule has 0 unspecified atom stereocenters. The second kappa shape index (κ2) is 10.2. The molecule has 0 atom stereocenters. The number of anilines is 1. The first kappa shape index (κ1) is 19.4. The third-order valence-electron chi connectivity index (χ3n) is 2.83. The summed E-state index contributed by atoms with van der Waals surface area (Å²) in [6, 6.07) is 5.41. The van der Waals surface area contributed by atoms with Crippen molar-refractivity contribution in [1.29, 1.82) is 5.26 Å². The van der Waals surface area contributed by atoms with Crippen LogP contribution >= 0.6 is 11.6 Å². The standard InChI is InChI=1S/C15H17ClN4O4/c1-2-24-7-3-6-18-10-11(9-17)15(21)19-14-8-12(20(22)23)4-5-13(14)16/h4-5,8,10,18H,2-3,6-7H2,1H3,(H,19,21)/b11-10-. The maximum atomic E-state index is 12.0. The average Bonchev–Trinajstić information content (AvgIpc) is 2.56. The lowest BCUT2D eigenvalue weighted by Crippen LogP contribution is -2.18. The van der Waals surface area contributed by atoms with Crippen molar-refractivity contribution in [3.8, 4) is 6.07 Å². The molecule has 1 amide bonds. The molecule has 0 heterocycles. The van der Waals surface area contributed by atoms with Crippen LogP contribution in [0.15, 0.2) is 30.0 Å². The van der Waals surface area contributed by atoms with Crippen molar-refractivity contribution >= 4 is 28.9 Å². The number of nitro benzene ring substituents is 1. The van der Waals surface area contributed by atoms with Crippen LogP contribution < -0.4 is 10.6 Å². The first-order chi connectivity index (χ1) is 11.5. The van der Waals surface area contributed by atoms with Gasteiger partial charge in [0, 0.05) is 38.1 Å². The molecule has 0 radical (unpaired) electrons. The normalized spacial score (nSPS) is 10.8. The highest BCUT2D eigenvalue weighted by atomic mass is 35.5. The lowest BCUT2D eigenvalue weighted by molar-refractivity contribution is -0.384. The van der Waals surface area contributed by atoms with Crippen LogP contribution in [0.25, 0.3) is 0 Å². The van der Waals surface area contributed by atoms with Gasteiger partial charge in [-0.15, -0.1) is 0 Å². The number of carbonyl (C=O) groups excluding carboxylic acids is 1. The molecule has 0 aliphatic rings. The molecule has 0 spiro atoms. The number of nitro groups is 1. The fourth-order valence-corrected chi connectivity index (χ4v) is 1.82. The minimum absolute atomic E-state index is 0.0633. The van der Waals surface area contributed by atoms with E-state index in [1.807, 2.05) is 6.92 Å². The van der Waals surface area contributed by atoms with E-state index in [0.717, 1.165) is 12.5 Å². The van der Waals surface area contributed by atoms with Gasteiger partial charge in [0.2, 0.25) is 0 Å². The predicted octanol–water partition coefficient (Wildman–Crippen LogP) is 2.61. The van der Waals surface area contributed by atoms with E-state index in [-0.39, 0.29) is 22.0 Å². The molecule has 1 aromatic carbocycles. The fourth-order valence-electron chi connectivity index (χ4n) is 1.66. The highest BCUT2D eigenvalue weighted by Crippen LogP contribution is 2.26. The number of rotatable bonds is 9. The van der Waals surface area contributed by atoms with Crippen LogP contribution in [-0.4, -0.2) is 30.6 Å². The molecule has 0 fully saturated rings. The van der Waals surface area contributed by atoms with Crippen LogP contribution in [-0.2, 0) is 9.53 Å². The molecule has 0 saturated heterocycles. The third kappa shape index (κ3) is 6.24. The zero-order valence-electron chi connectivity index (χ0n) is 13.0. The van der Waals surface area contributed by atoms with Gasteiger partial charge in [-0.2, -0.15) is 5.26 Å². The van der Waals surface area contributed by atoms with Gasteiger partial charge in [-0.25, -0.2) is 0 Å². The Bertz CT molecular complexity index is 670. The number of nitrogens with zero attached hydrogens (tertiary/aromatic N) is 2. The van der Waals surface area contributed by atoms with E-state index in [9.17, 15) is 14.9 Å². The first-order valence-electron chi connectivity index (χ1n) is 7.16. The van der Waals surface area contributed by atoms with Crippen molar-refractivity contribution in [2.45, 2.75) is 13.3 Å². The number of amides is 1. The monoisotopic (exact) mass is 352 g/mol. The van der Waals surface area contributed by atoms with Crippen LogP contribution in [0.5, 0.6) is 0 Å². The van der Waals surface area contributed by atoms with Crippen molar-refractivity contribution in [3.63, 3.8) is 0 Å². The molecule has 0 aliphatic heterocycles. The Balaban J connectivity index is 2.69. The molecule has 9 heteroatoms. The summed E-state index contributed by atoms with van der Waals surface area (Å²) in [5, 5.41) is 25.2. The van der Waals surface area contributed by atoms with Crippen LogP contribution in [0, 0.1) is 21.4 Å². The summed E-state index contributed by atoms with van der Waals surface area (Å²) in [5.41, 5.74) is -0.325. The molecule has 1 aromatic rings. The Morgan fingerprint density at radius 1 is 1.54 bits per heavy atom. The van der Waals surface area contributed by atoms with E-state index >= 15 is 0 Å². The SMILES string of the molecule is CCOCCCN/C=C(/C#N)C(=O)Nc1cc([N+](=O)[O-])ccc1Cl. The number of carbonyl (C=O) groups is 1. The number of benzene rings is 1. The number of non-ortho nitro benzene ring substituents is 1. The average molecular weight is 353 g/mol. The Kier molecular flexibility index (Phi) is 8.25. The minimum atomic E-state index is -0.711. The van der Waals surface area contributed by atoms with Gasteiger partial charge in [0.15, 0.2) is 0 Å². The summed E-state index contributed by atoms with van der Waals surface area (Å²) in [7, 11) is 0. The predicted molar refractivity (Wildman–Crippen MR) is 89.5 cm³/mol. The summed E-state index contributed by atoms with van der Waals surface area (Å²) < 4.78 is 5.16. The summed E-state index contributed by atoms with van der Waals surface area (Å²) in [4.78, 5) is 22.2. The molecule has 2 N–H and O–H groups in total. The second-order valence-electron chi connectivity index (χ2n) is 4.55. The van der Waals surface area contributed by atoms with Gasteiger partial charge in [-0.05, 0) is 19.4 Å². The molecule has 8 nitrogen and oxygen atoms in total. The maximum Gasteiger partial charge on any atom is 0.271 e. The number of hydrogen-bond acceptors (Lipinski definition) is 6. The largest absolute Gasteiger partial charge is 0.390 e. The summed E-state index contributed by atoms with van der Waals surface area (Å²) in [5.74, 6) is -0.711. The van der Waals surface area contributed by atoms with Gasteiger partial charge in [-0.1, -0.05) is 11.6 Å². The zero-order chi connectivity index (χ0) is 17.9. The molecule has 0 aliphatic carbocycles. The fraction of sp³-hybridized carbons (Fsp3) is 0.333. The van der Waals surface area contributed by atoms with E-state index in [0.29, 0.717) is 19.8 Å². The Morgan fingerprint density at radius 2 is 2.29 bits per heavy atom. The Labute approximate surface area is 144 Å². The highest BCUT2D eigenvalue weighted by Gasteiger charge is 2.14. The van der Waals surface area contributed by atoms with Crippen LogP contribution in [0.1, 0.15) is 13.3 Å². The van der Waals surface area contributed by atoms with Gasteiger partial charge in [-0.3, -0.25) is 14.9 Å². The van der Waals surface area contributed by atoms with Crippen LogP contribution in [0.3, 0.4) is 0 Å². The molecule has 1 rings (SSSR count). The number of nitriles is 1. The smallest absolute Gasteiger partial charge is 0.271 e. The van der Waals surface area contributed by atoms with Crippen LogP contribution in [0.4, 0.5) is 11.4 Å². The Morgan fingerprint density at radius 3 is 2.92 bits per heavy atom. The number of ether oxygens (including phenoxy) is 1. The van der Waals surface area contributed by atoms with E-state index in [4.69, 9.17) is 21.6 Å². The van der Waals surface area contributed by atoms with Gasteiger partial charge in [0.05, 0.1) is 15.6 Å². The van der Waals surface area contributed by atoms with Gasteiger partial charge >= 0.3 is 0 Å². The molecule has 24 heavy (non-hydrogen) atoms. The van der Waals surface area contributed by atoms with Crippen LogP contribution in [0.2, 0.25) is 5.02 Å². The Hall–Kier alpha value is -2.63. The van der Waals surface area contributed by atoms with Crippen molar-refractivity contribution in [2.75, 3.05) is 25.1 Å². The third-order valence-corrected chi connectivity index (χ3v) is 3.16. The lowest BCUT2D eigenvalue weighted by atomic mass is 10.2. The molecule has 0 bridgehead atoms. The van der Waals surface area contributed by atoms with Crippen molar-refractivity contribution in [3.05, 3.63) is 45.1 Å². The quantitative estimate of drug-likeness (QED) is 0.232. The van der Waals surface area contributed by atoms with E-state index in [1.165, 1.54) is 18.3 Å². The number of halogens is 1. The van der Waals surface area contributed by atoms with Crippen molar-refractivity contribution in [1.82, 2.24) is 5.32 Å². The van der Waals surface area contributed by atoms with Gasteiger partial charge < -0.3 is 15.4 Å². The molecule has 128 valence electrons. The van der Waals surface area contributed by atoms with E-state index in [2.05, 4.69) is 10.6 Å². The minimum Gasteiger partial charge on any atom is -0.390 e. The number of hydrogen-bond donors (Lipinski definition) is 2. The summed E-state index contributed by atoms with van der Waals surface area (Å²) in [6.07, 6.45) is 2.01. The topological polar surface area (TPSA) is 117 Å². The zero-order valence-corrected chi connectivity index (χ0v) is 13.8. The van der Waals surface area contributed by atoms with E-state index < -0.39 is 10.8 Å². The molecule has 0 saturated carbocycles. The van der Waals surface area contributed by atoms with E-state index in [1.54, 1.807) is 6.07 Å². The maximum absolute atomic E-state index is 12.0. The number of nitrogens with one attached hydrogen (secondary N) is 2. The summed E-state index contributed by atoms with van der Waals surface area (Å²) in [6.45, 7) is 3.64. The highest BCUT2D eigenvalue weighted by molar-refractivity contribution is 6.34. The van der Waals surface area contributed by atoms with Gasteiger partial charge in [0.25, 0.3) is 11.6 Å². The van der Waals surface area contributed by atoms with Gasteiger partial charge in [0.1, 0.15) is 11.6 Å². The second-order valence-corrected chi connectivity index (χ2v) is 4.96. The summed E-state index contributed by atoms with van der Waals surface area (Å²) >= 11 is 5.90. The molecule has 0 aromatic heterocycles. The van der Waals surface area contributed by atoms with Crippen molar-refractivity contribution in [2.24, 2.45) is 0 Å². The molecular formula is C15H17ClN4O4. The van der Waals surface area contributed by atoms with Crippen molar-refractivity contribution < 1.29 is 14.5 Å².